The zero-order valence-electron chi connectivity index (χ0n) is 27.1. The molecule has 19 heteroatoms. The van der Waals surface area contributed by atoms with Crippen molar-refractivity contribution in [2.24, 2.45) is 5.92 Å². The van der Waals surface area contributed by atoms with E-state index in [2.05, 4.69) is 4.98 Å². The first-order valence-corrected chi connectivity index (χ1v) is 15.2. The molecule has 2 fully saturated rings. The van der Waals surface area contributed by atoms with Crippen LogP contribution in [-0.2, 0) is 14.2 Å². The SMILES string of the molecule is CC[C@@]1(C(F)F)O[C@@H](n2ccc(=O)[nH]c2=O)[C@](C)(OC(=O)c2ccccc2)[C@@H]1C.C[C@]1(O)[C@H](n2ccc(=O)[nH]c2=O)O[C@@](CO)(C(F)F)[C@H]1O. The van der Waals surface area contributed by atoms with E-state index in [0.717, 1.165) is 36.0 Å². The molecule has 0 spiro atoms. The molecular weight excluding hydrogens is 680 g/mol. The summed E-state index contributed by atoms with van der Waals surface area (Å²) in [6, 6.07) is 10.1. The summed E-state index contributed by atoms with van der Waals surface area (Å²) in [7, 11) is 0. The van der Waals surface area contributed by atoms with E-state index in [9.17, 15) is 51.7 Å². The summed E-state index contributed by atoms with van der Waals surface area (Å²) in [6.07, 6.45) is -9.41. The van der Waals surface area contributed by atoms with Crippen LogP contribution in [0.25, 0.3) is 0 Å². The molecule has 2 saturated heterocycles. The molecule has 2 aromatic heterocycles. The molecule has 0 saturated carbocycles. The number of rotatable bonds is 8. The second kappa shape index (κ2) is 14.1. The fourth-order valence-electron chi connectivity index (χ4n) is 6.16. The van der Waals surface area contributed by atoms with E-state index >= 15 is 0 Å². The van der Waals surface area contributed by atoms with Crippen molar-refractivity contribution in [3.8, 4) is 0 Å². The smallest absolute Gasteiger partial charge is 0.338 e. The van der Waals surface area contributed by atoms with Gasteiger partial charge < -0.3 is 29.5 Å². The van der Waals surface area contributed by atoms with Crippen molar-refractivity contribution in [1.29, 1.82) is 0 Å². The lowest BCUT2D eigenvalue weighted by atomic mass is 9.78. The lowest BCUT2D eigenvalue weighted by Gasteiger charge is -2.36. The molecule has 3 aromatic rings. The average Bonchev–Trinajstić information content (AvgIpc) is 3.41. The van der Waals surface area contributed by atoms with Gasteiger partial charge in [0.05, 0.1) is 12.2 Å². The quantitative estimate of drug-likeness (QED) is 0.163. The number of halogens is 4. The number of esters is 1. The van der Waals surface area contributed by atoms with Gasteiger partial charge in [0.25, 0.3) is 24.0 Å². The van der Waals surface area contributed by atoms with Crippen LogP contribution in [-0.4, -0.2) is 88.4 Å². The molecule has 8 atom stereocenters. The number of benzene rings is 1. The number of alkyl halides is 4. The molecule has 0 aliphatic carbocycles. The van der Waals surface area contributed by atoms with Gasteiger partial charge in [0.1, 0.15) is 17.3 Å². The summed E-state index contributed by atoms with van der Waals surface area (Å²) >= 11 is 0. The van der Waals surface area contributed by atoms with Gasteiger partial charge in [-0.1, -0.05) is 32.0 Å². The fourth-order valence-corrected chi connectivity index (χ4v) is 6.16. The van der Waals surface area contributed by atoms with Gasteiger partial charge in [0.15, 0.2) is 23.7 Å². The highest BCUT2D eigenvalue weighted by atomic mass is 19.3. The Morgan fingerprint density at radius 3 is 1.78 bits per heavy atom. The van der Waals surface area contributed by atoms with Gasteiger partial charge in [0.2, 0.25) is 0 Å². The fraction of sp³-hybridized carbons (Fsp3) is 0.516. The zero-order chi connectivity index (χ0) is 37.4. The molecule has 4 heterocycles. The van der Waals surface area contributed by atoms with Gasteiger partial charge in [-0.2, -0.15) is 0 Å². The van der Waals surface area contributed by atoms with Crippen molar-refractivity contribution in [1.82, 2.24) is 19.1 Å². The van der Waals surface area contributed by atoms with E-state index in [1.807, 2.05) is 4.98 Å². The molecule has 2 aliphatic rings. The third-order valence-electron chi connectivity index (χ3n) is 9.33. The number of aromatic nitrogens is 4. The Labute approximate surface area is 279 Å². The van der Waals surface area contributed by atoms with Crippen molar-refractivity contribution in [2.75, 3.05) is 6.61 Å². The highest BCUT2D eigenvalue weighted by Crippen LogP contribution is 2.54. The summed E-state index contributed by atoms with van der Waals surface area (Å²) in [5, 5.41) is 29.3. The van der Waals surface area contributed by atoms with E-state index in [1.54, 1.807) is 25.1 Å². The Balaban J connectivity index is 0.000000237. The topological polar surface area (TPSA) is 215 Å². The summed E-state index contributed by atoms with van der Waals surface area (Å²) in [4.78, 5) is 63.1. The highest BCUT2D eigenvalue weighted by Gasteiger charge is 2.67. The zero-order valence-corrected chi connectivity index (χ0v) is 27.1. The number of H-pyrrole nitrogens is 2. The Morgan fingerprint density at radius 2 is 1.36 bits per heavy atom. The summed E-state index contributed by atoms with van der Waals surface area (Å²) in [5.41, 5.74) is -11.6. The Kier molecular flexibility index (Phi) is 10.8. The number of carbonyl (C=O) groups is 1. The van der Waals surface area contributed by atoms with Gasteiger partial charge in [-0.05, 0) is 32.4 Å². The molecule has 274 valence electrons. The number of aliphatic hydroxyl groups is 3. The van der Waals surface area contributed by atoms with Crippen LogP contribution in [0.15, 0.2) is 74.0 Å². The van der Waals surface area contributed by atoms with Crippen LogP contribution in [0.5, 0.6) is 0 Å². The minimum absolute atomic E-state index is 0.0705. The number of hydrogen-bond donors (Lipinski definition) is 5. The van der Waals surface area contributed by atoms with E-state index in [1.165, 1.54) is 26.0 Å². The largest absolute Gasteiger partial charge is 0.451 e. The maximum atomic E-state index is 14.1. The normalized spacial score (nSPS) is 32.2. The molecule has 0 unspecified atom stereocenters. The first-order chi connectivity index (χ1) is 23.3. The van der Waals surface area contributed by atoms with Gasteiger partial charge in [-0.25, -0.2) is 31.9 Å². The van der Waals surface area contributed by atoms with Gasteiger partial charge in [-0.15, -0.1) is 0 Å². The Hall–Kier alpha value is -4.43. The van der Waals surface area contributed by atoms with Crippen molar-refractivity contribution < 1.29 is 51.9 Å². The van der Waals surface area contributed by atoms with E-state index < -0.39 is 94.8 Å². The number of ether oxygens (including phenoxy) is 3. The monoisotopic (exact) mass is 716 g/mol. The highest BCUT2D eigenvalue weighted by molar-refractivity contribution is 5.89. The minimum atomic E-state index is -3.31. The molecule has 2 aliphatic heterocycles. The number of aliphatic hydroxyl groups excluding tert-OH is 2. The number of hydrogen-bond acceptors (Lipinski definition) is 11. The summed E-state index contributed by atoms with van der Waals surface area (Å²) in [6.45, 7) is 4.22. The number of carbonyl (C=O) groups excluding carboxylic acids is 1. The number of aromatic amines is 2. The summed E-state index contributed by atoms with van der Waals surface area (Å²) in [5.74, 6) is -1.69. The maximum absolute atomic E-state index is 14.1. The molecule has 5 N–H and O–H groups in total. The van der Waals surface area contributed by atoms with Crippen LogP contribution in [0.2, 0.25) is 0 Å². The number of nitrogens with zero attached hydrogens (tertiary/aromatic N) is 2. The molecule has 0 bridgehead atoms. The summed E-state index contributed by atoms with van der Waals surface area (Å²) < 4.78 is 72.5. The average molecular weight is 717 g/mol. The predicted molar refractivity (Wildman–Crippen MR) is 164 cm³/mol. The Bertz CT molecular complexity index is 1920. The van der Waals surface area contributed by atoms with E-state index in [0.29, 0.717) is 4.57 Å². The van der Waals surface area contributed by atoms with Crippen LogP contribution in [0.1, 0.15) is 56.9 Å². The van der Waals surface area contributed by atoms with Crippen LogP contribution >= 0.6 is 0 Å². The van der Waals surface area contributed by atoms with Gasteiger partial charge in [0, 0.05) is 30.4 Å². The van der Waals surface area contributed by atoms with Crippen molar-refractivity contribution in [3.63, 3.8) is 0 Å². The minimum Gasteiger partial charge on any atom is -0.451 e. The van der Waals surface area contributed by atoms with Crippen molar-refractivity contribution in [3.05, 3.63) is 102 Å². The Morgan fingerprint density at radius 1 is 0.880 bits per heavy atom. The van der Waals surface area contributed by atoms with Crippen LogP contribution < -0.4 is 22.5 Å². The molecule has 5 rings (SSSR count). The van der Waals surface area contributed by atoms with Gasteiger partial charge in [-0.3, -0.25) is 28.7 Å². The molecule has 15 nitrogen and oxygen atoms in total. The lowest BCUT2D eigenvalue weighted by molar-refractivity contribution is -0.195. The maximum Gasteiger partial charge on any atom is 0.338 e. The molecule has 0 amide bonds. The van der Waals surface area contributed by atoms with E-state index in [4.69, 9.17) is 19.3 Å². The first-order valence-electron chi connectivity index (χ1n) is 15.2. The van der Waals surface area contributed by atoms with Crippen molar-refractivity contribution >= 4 is 5.97 Å². The molecule has 1 aromatic carbocycles. The molecular formula is C31H36F4N4O11. The third kappa shape index (κ3) is 6.46. The lowest BCUT2D eigenvalue weighted by Crippen LogP contribution is -2.55. The van der Waals surface area contributed by atoms with Crippen LogP contribution in [0, 0.1) is 5.92 Å². The standard InChI is InChI=1S/C20H22F2N2O5.C11H14F2N2O6/c1-4-20(16(21)22)12(2)19(3,28-15(26)13-8-6-5-7-9-13)17(29-20)24-11-10-14(25)23-18(24)27;1-10(20)6(18)11(4-16,7(12)13)21-8(10)15-3-2-5(17)14-9(15)19/h5-12,16-17H,4H2,1-3H3,(H,23,25,27);2-3,6-8,16,18,20H,4H2,1H3,(H,14,17,19)/t12-,17+,19+,20+;6-,8+,10+,11+/m00/s1. The first kappa shape index (κ1) is 38.4. The predicted octanol–water partition coefficient (Wildman–Crippen LogP) is 0.905. The van der Waals surface area contributed by atoms with Gasteiger partial charge >= 0.3 is 17.3 Å². The van der Waals surface area contributed by atoms with Crippen LogP contribution in [0.4, 0.5) is 17.6 Å². The third-order valence-corrected chi connectivity index (χ3v) is 9.33. The second-order valence-corrected chi connectivity index (χ2v) is 12.3. The molecule has 0 radical (unpaired) electrons. The van der Waals surface area contributed by atoms with E-state index in [-0.39, 0.29) is 12.0 Å². The van der Waals surface area contributed by atoms with Crippen LogP contribution in [0.3, 0.4) is 0 Å². The van der Waals surface area contributed by atoms with Crippen molar-refractivity contribution in [2.45, 2.75) is 87.9 Å². The number of nitrogens with one attached hydrogen (secondary N) is 2. The second-order valence-electron chi connectivity index (χ2n) is 12.3. The molecule has 50 heavy (non-hydrogen) atoms.